The van der Waals surface area contributed by atoms with Gasteiger partial charge in [0.25, 0.3) is 0 Å². The molecule has 0 nitrogen and oxygen atoms in total. The van der Waals surface area contributed by atoms with Crippen molar-refractivity contribution in [2.75, 3.05) is 5.33 Å². The maximum Gasteiger partial charge on any atom is 0.0178 e. The van der Waals surface area contributed by atoms with Gasteiger partial charge >= 0.3 is 0 Å². The Balaban J connectivity index is 2.45. The van der Waals surface area contributed by atoms with E-state index in [2.05, 4.69) is 62.2 Å². The number of alkyl halides is 1. The van der Waals surface area contributed by atoms with Crippen molar-refractivity contribution in [2.45, 2.75) is 12.8 Å². The summed E-state index contributed by atoms with van der Waals surface area (Å²) in [5.41, 5.74) is 1.35. The number of halogens is 2. The highest BCUT2D eigenvalue weighted by molar-refractivity contribution is 9.10. The predicted molar refractivity (Wildman–Crippen MR) is 65.4 cm³/mol. The molecule has 1 rings (SSSR count). The van der Waals surface area contributed by atoms with E-state index < -0.39 is 0 Å². The molecule has 0 aromatic heterocycles. The molecular formula is C11H12Br2. The van der Waals surface area contributed by atoms with Crippen molar-refractivity contribution in [3.05, 3.63) is 46.5 Å². The highest BCUT2D eigenvalue weighted by atomic mass is 79.9. The molecule has 0 aliphatic carbocycles. The van der Waals surface area contributed by atoms with Gasteiger partial charge in [-0.1, -0.05) is 56.1 Å². The molecule has 0 spiro atoms. The third kappa shape index (κ3) is 4.63. The van der Waals surface area contributed by atoms with E-state index in [1.54, 1.807) is 0 Å². The number of rotatable bonds is 4. The molecular weight excluding hydrogens is 292 g/mol. The maximum absolute atomic E-state index is 3.45. The fraction of sp³-hybridized carbons (Fsp3) is 0.273. The molecule has 13 heavy (non-hydrogen) atoms. The summed E-state index contributed by atoms with van der Waals surface area (Å²) in [7, 11) is 0. The Morgan fingerprint density at radius 1 is 1.23 bits per heavy atom. The van der Waals surface area contributed by atoms with Crippen molar-refractivity contribution in [1.29, 1.82) is 0 Å². The van der Waals surface area contributed by atoms with Crippen LogP contribution in [0.4, 0.5) is 0 Å². The second-order valence-electron chi connectivity index (χ2n) is 2.78. The molecule has 0 fully saturated rings. The monoisotopic (exact) mass is 302 g/mol. The molecule has 0 saturated heterocycles. The smallest absolute Gasteiger partial charge is 0.0178 e. The summed E-state index contributed by atoms with van der Waals surface area (Å²) in [6.45, 7) is 0. The van der Waals surface area contributed by atoms with E-state index in [0.29, 0.717) is 0 Å². The van der Waals surface area contributed by atoms with E-state index in [9.17, 15) is 0 Å². The van der Waals surface area contributed by atoms with Crippen LogP contribution in [0, 0.1) is 0 Å². The Morgan fingerprint density at radius 3 is 2.77 bits per heavy atom. The van der Waals surface area contributed by atoms with Crippen LogP contribution in [0.5, 0.6) is 0 Å². The highest BCUT2D eigenvalue weighted by Gasteiger charge is 1.89. The quantitative estimate of drug-likeness (QED) is 0.573. The van der Waals surface area contributed by atoms with Gasteiger partial charge in [0.2, 0.25) is 0 Å². The molecule has 1 aromatic carbocycles. The second-order valence-corrected chi connectivity index (χ2v) is 4.49. The van der Waals surface area contributed by atoms with Crippen LogP contribution in [0.25, 0.3) is 0 Å². The van der Waals surface area contributed by atoms with E-state index in [4.69, 9.17) is 0 Å². The summed E-state index contributed by atoms with van der Waals surface area (Å²) >= 11 is 6.84. The van der Waals surface area contributed by atoms with Gasteiger partial charge in [0, 0.05) is 9.80 Å². The predicted octanol–water partition coefficient (Wildman–Crippen LogP) is 4.33. The lowest BCUT2D eigenvalue weighted by molar-refractivity contribution is 1.20. The third-order valence-corrected chi connectivity index (χ3v) is 2.64. The lowest BCUT2D eigenvalue weighted by atomic mass is 10.1. The maximum atomic E-state index is 3.45. The van der Waals surface area contributed by atoms with Gasteiger partial charge in [0.15, 0.2) is 0 Å². The van der Waals surface area contributed by atoms with Crippen LogP contribution in [0.15, 0.2) is 40.9 Å². The molecule has 2 heteroatoms. The summed E-state index contributed by atoms with van der Waals surface area (Å²) in [4.78, 5) is 0. The molecule has 0 aliphatic rings. The minimum absolute atomic E-state index is 1.02. The topological polar surface area (TPSA) is 0 Å². The lowest BCUT2D eigenvalue weighted by Gasteiger charge is -1.96. The zero-order chi connectivity index (χ0) is 9.52. The number of hydrogen-bond donors (Lipinski definition) is 0. The molecule has 0 radical (unpaired) electrons. The molecule has 1 aromatic rings. The van der Waals surface area contributed by atoms with Gasteiger partial charge in [-0.2, -0.15) is 0 Å². The van der Waals surface area contributed by atoms with Crippen molar-refractivity contribution >= 4 is 31.9 Å². The Labute approximate surface area is 96.3 Å². The van der Waals surface area contributed by atoms with Crippen LogP contribution >= 0.6 is 31.9 Å². The number of hydrogen-bond acceptors (Lipinski definition) is 0. The van der Waals surface area contributed by atoms with Crippen molar-refractivity contribution in [1.82, 2.24) is 0 Å². The van der Waals surface area contributed by atoms with Crippen LogP contribution in [0.1, 0.15) is 12.0 Å². The minimum Gasteiger partial charge on any atom is -0.0925 e. The van der Waals surface area contributed by atoms with E-state index in [-0.39, 0.29) is 0 Å². The molecule has 0 saturated carbocycles. The zero-order valence-corrected chi connectivity index (χ0v) is 10.5. The van der Waals surface area contributed by atoms with Crippen molar-refractivity contribution < 1.29 is 0 Å². The first-order valence-corrected chi connectivity index (χ1v) is 6.20. The number of benzene rings is 1. The normalized spacial score (nSPS) is 10.9. The largest absolute Gasteiger partial charge is 0.0925 e. The van der Waals surface area contributed by atoms with Gasteiger partial charge in [-0.3, -0.25) is 0 Å². The van der Waals surface area contributed by atoms with Crippen LogP contribution in [0.3, 0.4) is 0 Å². The summed E-state index contributed by atoms with van der Waals surface area (Å²) < 4.78 is 1.15. The Kier molecular flexibility index (Phi) is 5.40. The van der Waals surface area contributed by atoms with Crippen LogP contribution < -0.4 is 0 Å². The van der Waals surface area contributed by atoms with Gasteiger partial charge in [-0.15, -0.1) is 0 Å². The van der Waals surface area contributed by atoms with E-state index in [0.717, 1.165) is 22.6 Å². The van der Waals surface area contributed by atoms with E-state index in [1.165, 1.54) is 5.56 Å². The first-order chi connectivity index (χ1) is 6.33. The van der Waals surface area contributed by atoms with E-state index >= 15 is 0 Å². The molecule has 0 N–H and O–H groups in total. The average Bonchev–Trinajstić information content (AvgIpc) is 2.13. The molecule has 0 atom stereocenters. The molecule has 0 amide bonds. The summed E-state index contributed by atoms with van der Waals surface area (Å²) in [5.74, 6) is 0. The highest BCUT2D eigenvalue weighted by Crippen LogP contribution is 2.12. The molecule has 0 heterocycles. The Bertz CT molecular complexity index is 279. The van der Waals surface area contributed by atoms with Crippen LogP contribution in [0.2, 0.25) is 0 Å². The molecule has 0 unspecified atom stereocenters. The fourth-order valence-electron chi connectivity index (χ4n) is 1.06. The average molecular weight is 304 g/mol. The molecule has 0 aliphatic heterocycles. The van der Waals surface area contributed by atoms with Crippen molar-refractivity contribution in [3.8, 4) is 0 Å². The lowest BCUT2D eigenvalue weighted by Crippen LogP contribution is -1.80. The van der Waals surface area contributed by atoms with Gasteiger partial charge in [-0.25, -0.2) is 0 Å². The first-order valence-electron chi connectivity index (χ1n) is 4.28. The van der Waals surface area contributed by atoms with E-state index in [1.807, 2.05) is 6.07 Å². The van der Waals surface area contributed by atoms with Crippen LogP contribution in [-0.2, 0) is 6.42 Å². The van der Waals surface area contributed by atoms with Gasteiger partial charge in [0.1, 0.15) is 0 Å². The molecule has 70 valence electrons. The van der Waals surface area contributed by atoms with Crippen molar-refractivity contribution in [3.63, 3.8) is 0 Å². The van der Waals surface area contributed by atoms with Crippen molar-refractivity contribution in [2.24, 2.45) is 0 Å². The summed E-state index contributed by atoms with van der Waals surface area (Å²) in [6.07, 6.45) is 6.54. The number of allylic oxidation sites excluding steroid dienone is 2. The van der Waals surface area contributed by atoms with Gasteiger partial charge < -0.3 is 0 Å². The summed E-state index contributed by atoms with van der Waals surface area (Å²) in [6, 6.07) is 8.41. The minimum atomic E-state index is 1.02. The third-order valence-electron chi connectivity index (χ3n) is 1.69. The zero-order valence-electron chi connectivity index (χ0n) is 7.34. The standard InChI is InChI=1S/C11H12Br2/c12-8-3-1-2-5-10-6-4-7-11(13)9-10/h1-2,4,6-7,9H,3,5,8H2. The second kappa shape index (κ2) is 6.39. The van der Waals surface area contributed by atoms with Crippen LogP contribution in [-0.4, -0.2) is 5.33 Å². The molecule has 0 bridgehead atoms. The SMILES string of the molecule is BrCCC=CCc1cccc(Br)c1. The van der Waals surface area contributed by atoms with Gasteiger partial charge in [-0.05, 0) is 30.5 Å². The summed E-state index contributed by atoms with van der Waals surface area (Å²) in [5, 5.41) is 1.04. The van der Waals surface area contributed by atoms with Gasteiger partial charge in [0.05, 0.1) is 0 Å². The Morgan fingerprint density at radius 2 is 2.08 bits per heavy atom. The Hall–Kier alpha value is -0.0800. The first kappa shape index (κ1) is 11.0. The fourth-order valence-corrected chi connectivity index (χ4v) is 1.78.